The molecule has 1 aromatic carbocycles. The van der Waals surface area contributed by atoms with Crippen LogP contribution < -0.4 is 9.80 Å². The van der Waals surface area contributed by atoms with E-state index in [9.17, 15) is 5.11 Å². The molecule has 3 N–H and O–H groups in total. The fourth-order valence-corrected chi connectivity index (χ4v) is 2.93. The van der Waals surface area contributed by atoms with E-state index in [1.165, 1.54) is 24.5 Å². The van der Waals surface area contributed by atoms with Gasteiger partial charge >= 0.3 is 0 Å². The number of aliphatic hydroxyl groups is 1. The third-order valence-electron chi connectivity index (χ3n) is 4.18. The molecule has 1 atom stereocenters. The lowest BCUT2D eigenvalue weighted by atomic mass is 10.2. The molecule has 0 saturated carbocycles. The summed E-state index contributed by atoms with van der Waals surface area (Å²) in [6.45, 7) is 9.88. The van der Waals surface area contributed by atoms with E-state index >= 15 is 0 Å². The molecule has 0 bridgehead atoms. The molecule has 1 saturated heterocycles. The lowest BCUT2D eigenvalue weighted by Gasteiger charge is -2.30. The predicted molar refractivity (Wildman–Crippen MR) is 83.9 cm³/mol. The second-order valence-electron chi connectivity index (χ2n) is 5.85. The first-order valence-corrected chi connectivity index (χ1v) is 8.22. The topological polar surface area (TPSA) is 38.3 Å². The van der Waals surface area contributed by atoms with E-state index in [0.717, 1.165) is 30.2 Å². The Labute approximate surface area is 132 Å². The normalized spacial score (nSPS) is 24.0. The number of hydrogen-bond donors (Lipinski definition) is 3. The minimum Gasteiger partial charge on any atom is -0.385 e. The molecule has 1 aliphatic rings. The number of rotatable bonds is 7. The molecule has 2 rings (SSSR count). The van der Waals surface area contributed by atoms with E-state index in [1.807, 2.05) is 24.3 Å². The third kappa shape index (κ3) is 5.93. The molecule has 1 fully saturated rings. The number of hydrogen-bond acceptors (Lipinski definition) is 2. The summed E-state index contributed by atoms with van der Waals surface area (Å²) in [5.74, 6) is 0. The van der Waals surface area contributed by atoms with Gasteiger partial charge in [-0.2, -0.15) is 0 Å². The van der Waals surface area contributed by atoms with Crippen LogP contribution in [0.5, 0.6) is 0 Å². The summed E-state index contributed by atoms with van der Waals surface area (Å²) in [5, 5.41) is 10.8. The standard InChI is InChI=1S/C16H25ClN2O2/c1-2-18-7-9-19(10-8-18)11-16(20)13-21-12-14-3-5-15(17)6-4-14/h3-6,16,20H,2,7-13H2,1H3/p+2/t16-/m0/s1. The summed E-state index contributed by atoms with van der Waals surface area (Å²) < 4.78 is 5.59. The second-order valence-corrected chi connectivity index (χ2v) is 6.29. The maximum atomic E-state index is 10.1. The first-order valence-electron chi connectivity index (χ1n) is 7.84. The fraction of sp³-hybridized carbons (Fsp3) is 0.625. The molecule has 1 aliphatic heterocycles. The Balaban J connectivity index is 1.61. The smallest absolute Gasteiger partial charge is 0.127 e. The zero-order valence-electron chi connectivity index (χ0n) is 12.8. The summed E-state index contributed by atoms with van der Waals surface area (Å²) >= 11 is 5.84. The SMILES string of the molecule is CC[NH+]1CC[NH+](C[C@H](O)COCc2ccc(Cl)cc2)CC1. The zero-order valence-corrected chi connectivity index (χ0v) is 13.5. The van der Waals surface area contributed by atoms with Gasteiger partial charge in [0.15, 0.2) is 0 Å². The van der Waals surface area contributed by atoms with Gasteiger partial charge in [-0.15, -0.1) is 0 Å². The quantitative estimate of drug-likeness (QED) is 0.605. The Morgan fingerprint density at radius 3 is 2.38 bits per heavy atom. The van der Waals surface area contributed by atoms with Crippen LogP contribution in [0.25, 0.3) is 0 Å². The maximum Gasteiger partial charge on any atom is 0.127 e. The Bertz CT molecular complexity index is 405. The van der Waals surface area contributed by atoms with Crippen LogP contribution in [0.3, 0.4) is 0 Å². The van der Waals surface area contributed by atoms with Gasteiger partial charge < -0.3 is 19.6 Å². The molecular weight excluding hydrogens is 288 g/mol. The van der Waals surface area contributed by atoms with Crippen LogP contribution in [0.1, 0.15) is 12.5 Å². The van der Waals surface area contributed by atoms with Crippen LogP contribution in [0.15, 0.2) is 24.3 Å². The van der Waals surface area contributed by atoms with Gasteiger partial charge in [0.25, 0.3) is 0 Å². The van der Waals surface area contributed by atoms with E-state index in [-0.39, 0.29) is 6.10 Å². The highest BCUT2D eigenvalue weighted by atomic mass is 35.5. The molecule has 0 amide bonds. The number of halogens is 1. The van der Waals surface area contributed by atoms with E-state index in [0.29, 0.717) is 13.2 Å². The minimum absolute atomic E-state index is 0.379. The van der Waals surface area contributed by atoms with Crippen molar-refractivity contribution in [2.45, 2.75) is 19.6 Å². The number of aliphatic hydroxyl groups excluding tert-OH is 1. The molecule has 1 heterocycles. The molecular formula is C16H27ClN2O2+2. The average Bonchev–Trinajstić information content (AvgIpc) is 2.50. The van der Waals surface area contributed by atoms with E-state index in [1.54, 1.807) is 4.90 Å². The van der Waals surface area contributed by atoms with Crippen LogP contribution >= 0.6 is 11.6 Å². The molecule has 4 nitrogen and oxygen atoms in total. The Morgan fingerprint density at radius 1 is 1.14 bits per heavy atom. The minimum atomic E-state index is -0.379. The Hall–Kier alpha value is -0.650. The molecule has 0 aliphatic carbocycles. The monoisotopic (exact) mass is 314 g/mol. The van der Waals surface area contributed by atoms with Crippen LogP contribution in [0, 0.1) is 0 Å². The maximum absolute atomic E-state index is 10.1. The van der Waals surface area contributed by atoms with Gasteiger partial charge in [0, 0.05) is 5.02 Å². The van der Waals surface area contributed by atoms with E-state index < -0.39 is 0 Å². The van der Waals surface area contributed by atoms with Crippen LogP contribution in [0.2, 0.25) is 5.02 Å². The number of benzene rings is 1. The molecule has 0 radical (unpaired) electrons. The molecule has 0 aromatic heterocycles. The van der Waals surface area contributed by atoms with Gasteiger partial charge in [-0.1, -0.05) is 23.7 Å². The molecule has 21 heavy (non-hydrogen) atoms. The highest BCUT2D eigenvalue weighted by molar-refractivity contribution is 6.30. The van der Waals surface area contributed by atoms with Gasteiger partial charge in [0.2, 0.25) is 0 Å². The lowest BCUT2D eigenvalue weighted by molar-refractivity contribution is -1.01. The van der Waals surface area contributed by atoms with Gasteiger partial charge in [0.05, 0.1) is 19.8 Å². The summed E-state index contributed by atoms with van der Waals surface area (Å²) in [7, 11) is 0. The average molecular weight is 315 g/mol. The molecule has 118 valence electrons. The Kier molecular flexibility index (Phi) is 6.93. The number of likely N-dealkylation sites (N-methyl/N-ethyl adjacent to an activating group) is 1. The van der Waals surface area contributed by atoms with Crippen molar-refractivity contribution in [2.75, 3.05) is 45.9 Å². The van der Waals surface area contributed by atoms with Crippen molar-refractivity contribution in [3.05, 3.63) is 34.9 Å². The second kappa shape index (κ2) is 8.71. The predicted octanol–water partition coefficient (Wildman–Crippen LogP) is -0.979. The fourth-order valence-electron chi connectivity index (χ4n) is 2.80. The lowest BCUT2D eigenvalue weighted by Crippen LogP contribution is -3.28. The van der Waals surface area contributed by atoms with Gasteiger partial charge in [-0.05, 0) is 24.6 Å². The third-order valence-corrected chi connectivity index (χ3v) is 4.43. The summed E-state index contributed by atoms with van der Waals surface area (Å²) in [6.07, 6.45) is -0.379. The van der Waals surface area contributed by atoms with Crippen molar-refractivity contribution in [2.24, 2.45) is 0 Å². The van der Waals surface area contributed by atoms with Crippen molar-refractivity contribution < 1.29 is 19.6 Å². The van der Waals surface area contributed by atoms with Gasteiger partial charge in [-0.25, -0.2) is 0 Å². The summed E-state index contributed by atoms with van der Waals surface area (Å²) in [6, 6.07) is 7.62. The largest absolute Gasteiger partial charge is 0.385 e. The number of nitrogens with one attached hydrogen (secondary N) is 2. The molecule has 5 heteroatoms. The molecule has 0 spiro atoms. The van der Waals surface area contributed by atoms with Gasteiger partial charge in [-0.3, -0.25) is 0 Å². The van der Waals surface area contributed by atoms with Crippen LogP contribution in [-0.2, 0) is 11.3 Å². The van der Waals surface area contributed by atoms with Crippen molar-refractivity contribution in [3.8, 4) is 0 Å². The highest BCUT2D eigenvalue weighted by Crippen LogP contribution is 2.10. The number of quaternary nitrogens is 2. The van der Waals surface area contributed by atoms with Gasteiger partial charge in [0.1, 0.15) is 38.8 Å². The van der Waals surface area contributed by atoms with Crippen molar-refractivity contribution in [3.63, 3.8) is 0 Å². The van der Waals surface area contributed by atoms with Crippen molar-refractivity contribution in [1.82, 2.24) is 0 Å². The number of ether oxygens (including phenoxy) is 1. The first kappa shape index (κ1) is 16.7. The van der Waals surface area contributed by atoms with Crippen LogP contribution in [-0.4, -0.2) is 57.1 Å². The Morgan fingerprint density at radius 2 is 1.76 bits per heavy atom. The van der Waals surface area contributed by atoms with Crippen molar-refractivity contribution in [1.29, 1.82) is 0 Å². The zero-order chi connectivity index (χ0) is 15.1. The molecule has 1 aromatic rings. The first-order chi connectivity index (χ1) is 10.2. The highest BCUT2D eigenvalue weighted by Gasteiger charge is 2.23. The van der Waals surface area contributed by atoms with Crippen LogP contribution in [0.4, 0.5) is 0 Å². The van der Waals surface area contributed by atoms with E-state index in [2.05, 4.69) is 6.92 Å². The van der Waals surface area contributed by atoms with Crippen molar-refractivity contribution >= 4 is 11.6 Å². The van der Waals surface area contributed by atoms with E-state index in [4.69, 9.17) is 16.3 Å². The summed E-state index contributed by atoms with van der Waals surface area (Å²) in [4.78, 5) is 3.17. The molecule has 0 unspecified atom stereocenters. The number of piperazine rings is 1. The summed E-state index contributed by atoms with van der Waals surface area (Å²) in [5.41, 5.74) is 1.08.